The zero-order valence-electron chi connectivity index (χ0n) is 9.71. The largest absolute Gasteiger partial charge is 0.398 e. The highest BCUT2D eigenvalue weighted by Gasteiger charge is 2.12. The fraction of sp³-hybridized carbons (Fsp3) is 0.417. The Bertz CT molecular complexity index is 356. The topological polar surface area (TPSA) is 29.1 Å². The third-order valence-corrected chi connectivity index (χ3v) is 3.06. The van der Waals surface area contributed by atoms with E-state index in [-0.39, 0.29) is 11.3 Å². The van der Waals surface area contributed by atoms with E-state index in [1.165, 1.54) is 17.3 Å². The average Bonchev–Trinajstić information content (AvgIpc) is 2.16. The molecule has 0 spiro atoms. The summed E-state index contributed by atoms with van der Waals surface area (Å²) in [6, 6.07) is 8.07. The summed E-state index contributed by atoms with van der Waals surface area (Å²) < 4.78 is 11.9. The minimum atomic E-state index is -1.49. The van der Waals surface area contributed by atoms with Gasteiger partial charge in [0.05, 0.1) is 5.88 Å². The Kier molecular flexibility index (Phi) is 4.35. The molecule has 0 unspecified atom stereocenters. The number of benzene rings is 1. The number of hydrogen-bond donors (Lipinski definition) is 1. The van der Waals surface area contributed by atoms with Gasteiger partial charge in [-0.05, 0) is 23.1 Å². The highest BCUT2D eigenvalue weighted by atomic mass is 32.2. The lowest BCUT2D eigenvalue weighted by Gasteiger charge is -2.19. The minimum Gasteiger partial charge on any atom is -0.319 e. The molecule has 0 aliphatic carbocycles. The number of halogens is 1. The van der Waals surface area contributed by atoms with Crippen LogP contribution in [-0.4, -0.2) is 12.0 Å². The first-order valence-corrected chi connectivity index (χ1v) is 6.05. The predicted molar refractivity (Wildman–Crippen MR) is 65.5 cm³/mol. The Hall–Kier alpha value is -1.03. The normalized spacial score (nSPS) is 11.2. The molecule has 0 aliphatic rings. The highest BCUT2D eigenvalue weighted by molar-refractivity contribution is 7.99. The Morgan fingerprint density at radius 1 is 1.31 bits per heavy atom. The van der Waals surface area contributed by atoms with Gasteiger partial charge in [-0.1, -0.05) is 32.9 Å². The van der Waals surface area contributed by atoms with E-state index >= 15 is 0 Å². The second-order valence-corrected chi connectivity index (χ2v) is 5.56. The smallest absolute Gasteiger partial charge is 0.319 e. The summed E-state index contributed by atoms with van der Waals surface area (Å²) in [7, 11) is 0. The quantitative estimate of drug-likeness (QED) is 0.378. The molecule has 1 aromatic rings. The number of amides is 1. The van der Waals surface area contributed by atoms with Crippen LogP contribution in [0.2, 0.25) is 0 Å². The summed E-state index contributed by atoms with van der Waals surface area (Å²) in [6.07, 6.45) is -1.49. The number of nitrogens with one attached hydrogen (secondary N) is 1. The molecule has 0 atom stereocenters. The van der Waals surface area contributed by atoms with Crippen LogP contribution in [0.3, 0.4) is 0 Å². The van der Waals surface area contributed by atoms with Crippen LogP contribution in [-0.2, 0) is 5.41 Å². The lowest BCUT2D eigenvalue weighted by molar-refractivity contribution is 0.223. The second-order valence-electron chi connectivity index (χ2n) is 4.51. The fourth-order valence-electron chi connectivity index (χ4n) is 1.23. The van der Waals surface area contributed by atoms with Gasteiger partial charge in [0.15, 0.2) is 0 Å². The van der Waals surface area contributed by atoms with Gasteiger partial charge in [0.25, 0.3) is 0 Å². The van der Waals surface area contributed by atoms with Crippen LogP contribution < -0.4 is 5.32 Å². The Morgan fingerprint density at radius 3 is 2.31 bits per heavy atom. The van der Waals surface area contributed by atoms with Crippen molar-refractivity contribution >= 4 is 17.9 Å². The van der Waals surface area contributed by atoms with Gasteiger partial charge in [0.1, 0.15) is 0 Å². The van der Waals surface area contributed by atoms with Gasteiger partial charge >= 0.3 is 6.16 Å². The van der Waals surface area contributed by atoms with Gasteiger partial charge in [-0.25, -0.2) is 4.79 Å². The minimum absolute atomic E-state index is 0.135. The number of carbonyl (C=O) groups is 1. The predicted octanol–water partition coefficient (Wildman–Crippen LogP) is 3.71. The Morgan fingerprint density at radius 2 is 1.88 bits per heavy atom. The Balaban J connectivity index is 2.55. The highest BCUT2D eigenvalue weighted by Crippen LogP contribution is 2.25. The summed E-state index contributed by atoms with van der Waals surface area (Å²) in [5.74, 6) is 0.254. The van der Waals surface area contributed by atoms with E-state index < -0.39 is 6.16 Å². The average molecular weight is 241 g/mol. The molecule has 1 rings (SSSR count). The van der Waals surface area contributed by atoms with Gasteiger partial charge in [0, 0.05) is 4.90 Å². The van der Waals surface area contributed by atoms with Crippen LogP contribution in [0.4, 0.5) is 9.18 Å². The fourth-order valence-corrected chi connectivity index (χ4v) is 1.91. The molecule has 0 saturated heterocycles. The molecule has 1 amide bonds. The van der Waals surface area contributed by atoms with Crippen LogP contribution >= 0.6 is 11.8 Å². The second kappa shape index (κ2) is 5.34. The van der Waals surface area contributed by atoms with Crippen molar-refractivity contribution in [3.63, 3.8) is 0 Å². The molecule has 0 heterocycles. The third-order valence-electron chi connectivity index (χ3n) is 2.17. The first-order chi connectivity index (χ1) is 7.39. The van der Waals surface area contributed by atoms with Gasteiger partial charge in [-0.2, -0.15) is 0 Å². The molecule has 0 radical (unpaired) electrons. The first kappa shape index (κ1) is 13.0. The van der Waals surface area contributed by atoms with E-state index in [0.717, 1.165) is 4.90 Å². The molecule has 0 aromatic heterocycles. The number of thioether (sulfide) groups is 1. The SMILES string of the molecule is CC(C)(C)c1ccc(SCNC(=O)F)cc1. The van der Waals surface area contributed by atoms with Crippen LogP contribution in [0.5, 0.6) is 0 Å². The van der Waals surface area contributed by atoms with Gasteiger partial charge in [-0.3, -0.25) is 0 Å². The van der Waals surface area contributed by atoms with Crippen molar-refractivity contribution in [2.75, 3.05) is 5.88 Å². The molecule has 0 bridgehead atoms. The monoisotopic (exact) mass is 241 g/mol. The zero-order chi connectivity index (χ0) is 12.2. The zero-order valence-corrected chi connectivity index (χ0v) is 10.5. The molecule has 4 heteroatoms. The molecule has 0 fully saturated rings. The van der Waals surface area contributed by atoms with E-state index in [4.69, 9.17) is 0 Å². The standard InChI is InChI=1S/C12H16FNOS/c1-12(2,3)9-4-6-10(7-5-9)16-8-14-11(13)15/h4-7H,8H2,1-3H3,(H,14,15). The van der Waals surface area contributed by atoms with Crippen molar-refractivity contribution in [1.29, 1.82) is 0 Å². The summed E-state index contributed by atoms with van der Waals surface area (Å²) in [5, 5.41) is 2.10. The molecule has 0 aliphatic heterocycles. The van der Waals surface area contributed by atoms with Crippen molar-refractivity contribution in [3.05, 3.63) is 29.8 Å². The van der Waals surface area contributed by atoms with E-state index in [1.807, 2.05) is 12.1 Å². The molecule has 0 saturated carbocycles. The van der Waals surface area contributed by atoms with Crippen LogP contribution in [0.25, 0.3) is 0 Å². The maximum absolute atomic E-state index is 11.9. The van der Waals surface area contributed by atoms with Crippen LogP contribution in [0.1, 0.15) is 26.3 Å². The van der Waals surface area contributed by atoms with E-state index in [1.54, 1.807) is 0 Å². The van der Waals surface area contributed by atoms with E-state index in [9.17, 15) is 9.18 Å². The molecule has 1 N–H and O–H groups in total. The molecule has 2 nitrogen and oxygen atoms in total. The summed E-state index contributed by atoms with van der Waals surface area (Å²) in [4.78, 5) is 11.0. The van der Waals surface area contributed by atoms with Crippen molar-refractivity contribution in [2.45, 2.75) is 31.1 Å². The van der Waals surface area contributed by atoms with Crippen LogP contribution in [0, 0.1) is 0 Å². The number of hydrogen-bond acceptors (Lipinski definition) is 2. The van der Waals surface area contributed by atoms with Crippen molar-refractivity contribution < 1.29 is 9.18 Å². The molecule has 88 valence electrons. The molecular formula is C12H16FNOS. The molecular weight excluding hydrogens is 225 g/mol. The van der Waals surface area contributed by atoms with Crippen molar-refractivity contribution in [2.24, 2.45) is 0 Å². The summed E-state index contributed by atoms with van der Waals surface area (Å²) in [5.41, 5.74) is 1.39. The maximum Gasteiger partial charge on any atom is 0.398 e. The van der Waals surface area contributed by atoms with Crippen molar-refractivity contribution in [1.82, 2.24) is 5.32 Å². The van der Waals surface area contributed by atoms with Gasteiger partial charge < -0.3 is 5.32 Å². The van der Waals surface area contributed by atoms with Crippen LogP contribution in [0.15, 0.2) is 29.2 Å². The van der Waals surface area contributed by atoms with Gasteiger partial charge in [0.2, 0.25) is 0 Å². The summed E-state index contributed by atoms with van der Waals surface area (Å²) >= 11 is 1.40. The Labute approximate surface area is 99.6 Å². The molecule has 1 aromatic carbocycles. The maximum atomic E-state index is 11.9. The summed E-state index contributed by atoms with van der Waals surface area (Å²) in [6.45, 7) is 6.45. The first-order valence-electron chi connectivity index (χ1n) is 5.06. The molecule has 16 heavy (non-hydrogen) atoms. The third kappa shape index (κ3) is 4.23. The van der Waals surface area contributed by atoms with E-state index in [0.29, 0.717) is 0 Å². The number of carbonyl (C=O) groups excluding carboxylic acids is 1. The van der Waals surface area contributed by atoms with Gasteiger partial charge in [-0.15, -0.1) is 16.2 Å². The van der Waals surface area contributed by atoms with E-state index in [2.05, 4.69) is 38.2 Å². The lowest BCUT2D eigenvalue weighted by atomic mass is 9.87. The van der Waals surface area contributed by atoms with Crippen molar-refractivity contribution in [3.8, 4) is 0 Å². The lowest BCUT2D eigenvalue weighted by Crippen LogP contribution is -2.15. The number of rotatable bonds is 3.